The van der Waals surface area contributed by atoms with Crippen molar-refractivity contribution in [2.45, 2.75) is 38.8 Å². The summed E-state index contributed by atoms with van der Waals surface area (Å²) in [5, 5.41) is 0. The third-order valence-corrected chi connectivity index (χ3v) is 5.77. The van der Waals surface area contributed by atoms with E-state index in [9.17, 15) is 14.2 Å². The van der Waals surface area contributed by atoms with Crippen LogP contribution in [0.15, 0.2) is 24.3 Å². The largest absolute Gasteiger partial charge is 0.450 e. The molecule has 2 rings (SSSR count). The third-order valence-electron chi connectivity index (χ3n) is 5.01. The predicted molar refractivity (Wildman–Crippen MR) is 116 cm³/mol. The fraction of sp³-hybridized carbons (Fsp3) is 0.619. The Kier molecular flexibility index (Phi) is 9.84. The van der Waals surface area contributed by atoms with Gasteiger partial charge in [-0.3, -0.25) is 9.36 Å². The van der Waals surface area contributed by atoms with Gasteiger partial charge < -0.3 is 29.7 Å². The summed E-state index contributed by atoms with van der Waals surface area (Å²) in [5.41, 5.74) is 6.34. The zero-order valence-electron chi connectivity index (χ0n) is 18.4. The van der Waals surface area contributed by atoms with Crippen LogP contribution in [-0.2, 0) is 35.5 Å². The lowest BCUT2D eigenvalue weighted by Crippen LogP contribution is -2.54. The molecule has 2 N–H and O–H groups in total. The third kappa shape index (κ3) is 6.46. The van der Waals surface area contributed by atoms with Crippen LogP contribution >= 0.6 is 8.46 Å². The standard InChI is InChI=1S/C21H32N3O6P/c1-4-28-20(26)24-13-11-23(12-14-24)19(25)18(22)15-16-7-9-17(10-8-16)21(31-27,29-5-2)30-6-3/h7-10,18H,4-6,11-15,22H2,1-3H3. The van der Waals surface area contributed by atoms with Gasteiger partial charge in [0.1, 0.15) is 0 Å². The summed E-state index contributed by atoms with van der Waals surface area (Å²) < 4.78 is 28.0. The lowest BCUT2D eigenvalue weighted by Gasteiger charge is -2.35. The molecule has 9 nitrogen and oxygen atoms in total. The second kappa shape index (κ2) is 12.1. The number of nitrogens with two attached hydrogens (primary N) is 1. The molecule has 31 heavy (non-hydrogen) atoms. The Balaban J connectivity index is 1.96. The maximum atomic E-state index is 12.7. The van der Waals surface area contributed by atoms with Crippen LogP contribution in [0.3, 0.4) is 0 Å². The Hall–Kier alpha value is -2.06. The van der Waals surface area contributed by atoms with Gasteiger partial charge in [0.15, 0.2) is 0 Å². The first-order valence-electron chi connectivity index (χ1n) is 10.6. The zero-order valence-corrected chi connectivity index (χ0v) is 19.3. The Morgan fingerprint density at radius 3 is 2.03 bits per heavy atom. The molecule has 1 aromatic carbocycles. The van der Waals surface area contributed by atoms with Crippen LogP contribution in [0.2, 0.25) is 0 Å². The summed E-state index contributed by atoms with van der Waals surface area (Å²) in [6.45, 7) is 8.11. The Morgan fingerprint density at radius 2 is 1.55 bits per heavy atom. The topological polar surface area (TPSA) is 111 Å². The highest BCUT2D eigenvalue weighted by Gasteiger charge is 2.35. The molecule has 1 fully saturated rings. The molecule has 2 amide bonds. The van der Waals surface area contributed by atoms with Crippen LogP contribution in [-0.4, -0.2) is 73.8 Å². The van der Waals surface area contributed by atoms with Crippen molar-refractivity contribution < 1.29 is 28.4 Å². The molecule has 1 atom stereocenters. The summed E-state index contributed by atoms with van der Waals surface area (Å²) in [7, 11) is -0.284. The molecule has 0 bridgehead atoms. The fourth-order valence-corrected chi connectivity index (χ4v) is 4.07. The fourth-order valence-electron chi connectivity index (χ4n) is 3.46. The Morgan fingerprint density at radius 1 is 1.00 bits per heavy atom. The number of carbonyl (C=O) groups excluding carboxylic acids is 2. The number of hydrogen-bond acceptors (Lipinski definition) is 7. The van der Waals surface area contributed by atoms with E-state index in [1.165, 1.54) is 0 Å². The number of amides is 2. The van der Waals surface area contributed by atoms with Crippen LogP contribution in [0, 0.1) is 0 Å². The normalized spacial score (nSPS) is 15.7. The molecule has 1 heterocycles. The number of rotatable bonds is 10. The van der Waals surface area contributed by atoms with Gasteiger partial charge in [0.05, 0.1) is 12.6 Å². The van der Waals surface area contributed by atoms with Gasteiger partial charge in [-0.15, -0.1) is 0 Å². The van der Waals surface area contributed by atoms with Crippen LogP contribution in [0.4, 0.5) is 4.79 Å². The number of benzene rings is 1. The first-order chi connectivity index (χ1) is 14.9. The maximum Gasteiger partial charge on any atom is 0.409 e. The Bertz CT molecular complexity index is 731. The first-order valence-corrected chi connectivity index (χ1v) is 11.4. The SMILES string of the molecule is CCOC(=O)N1CCN(C(=O)C(N)Cc2ccc(C(OCC)(OCC)P=O)cc2)CC1. The smallest absolute Gasteiger partial charge is 0.409 e. The molecule has 1 unspecified atom stereocenters. The summed E-state index contributed by atoms with van der Waals surface area (Å²) in [4.78, 5) is 27.8. The quantitative estimate of drug-likeness (QED) is 0.427. The minimum atomic E-state index is -1.33. The first kappa shape index (κ1) is 25.2. The van der Waals surface area contributed by atoms with Crippen molar-refractivity contribution in [1.82, 2.24) is 9.80 Å². The van der Waals surface area contributed by atoms with E-state index in [0.717, 1.165) is 5.56 Å². The average molecular weight is 453 g/mol. The van der Waals surface area contributed by atoms with Crippen LogP contribution in [0.1, 0.15) is 31.9 Å². The van der Waals surface area contributed by atoms with Gasteiger partial charge in [-0.1, -0.05) is 24.3 Å². The minimum absolute atomic E-state index is 0.149. The van der Waals surface area contributed by atoms with Crippen molar-refractivity contribution in [3.8, 4) is 0 Å². The summed E-state index contributed by atoms with van der Waals surface area (Å²) >= 11 is 0. The molecule has 1 aliphatic heterocycles. The maximum absolute atomic E-state index is 12.7. The van der Waals surface area contributed by atoms with Crippen molar-refractivity contribution >= 4 is 20.5 Å². The van der Waals surface area contributed by atoms with Gasteiger partial charge in [0.2, 0.25) is 14.4 Å². The van der Waals surface area contributed by atoms with Gasteiger partial charge in [-0.05, 0) is 32.8 Å². The molecular weight excluding hydrogens is 421 g/mol. The van der Waals surface area contributed by atoms with E-state index in [-0.39, 0.29) is 20.5 Å². The van der Waals surface area contributed by atoms with Crippen molar-refractivity contribution in [3.63, 3.8) is 0 Å². The highest BCUT2D eigenvalue weighted by atomic mass is 31.1. The monoisotopic (exact) mass is 453 g/mol. The second-order valence-corrected chi connectivity index (χ2v) is 7.83. The highest BCUT2D eigenvalue weighted by Crippen LogP contribution is 2.38. The molecule has 0 aromatic heterocycles. The van der Waals surface area contributed by atoms with Crippen LogP contribution < -0.4 is 5.73 Å². The highest BCUT2D eigenvalue weighted by molar-refractivity contribution is 7.24. The molecule has 172 valence electrons. The Labute approximate surface area is 185 Å². The summed E-state index contributed by atoms with van der Waals surface area (Å²) in [6.07, 6.45) is 0.00869. The van der Waals surface area contributed by atoms with E-state index >= 15 is 0 Å². The van der Waals surface area contributed by atoms with E-state index in [1.807, 2.05) is 26.0 Å². The zero-order chi connectivity index (χ0) is 22.9. The molecule has 0 radical (unpaired) electrons. The lowest BCUT2D eigenvalue weighted by molar-refractivity contribution is -0.176. The molecule has 1 aliphatic rings. The van der Waals surface area contributed by atoms with Crippen LogP contribution in [0.5, 0.6) is 0 Å². The summed E-state index contributed by atoms with van der Waals surface area (Å²) in [5.74, 6) is -0.149. The van der Waals surface area contributed by atoms with Crippen molar-refractivity contribution in [2.75, 3.05) is 46.0 Å². The van der Waals surface area contributed by atoms with E-state index in [2.05, 4.69) is 0 Å². The molecule has 10 heteroatoms. The van der Waals surface area contributed by atoms with Crippen molar-refractivity contribution in [2.24, 2.45) is 5.73 Å². The lowest BCUT2D eigenvalue weighted by atomic mass is 10.0. The number of ether oxygens (including phenoxy) is 3. The number of hydrogen-bond donors (Lipinski definition) is 1. The number of piperazine rings is 1. The molecule has 0 saturated carbocycles. The molecular formula is C21H32N3O6P. The number of carbonyl (C=O) groups is 2. The van der Waals surface area contributed by atoms with Crippen molar-refractivity contribution in [3.05, 3.63) is 35.4 Å². The minimum Gasteiger partial charge on any atom is -0.450 e. The molecule has 0 spiro atoms. The van der Waals surface area contributed by atoms with E-state index in [4.69, 9.17) is 19.9 Å². The molecule has 0 aliphatic carbocycles. The predicted octanol–water partition coefficient (Wildman–Crippen LogP) is 2.33. The van der Waals surface area contributed by atoms with Gasteiger partial charge >= 0.3 is 6.09 Å². The van der Waals surface area contributed by atoms with E-state index in [0.29, 0.717) is 58.0 Å². The molecule has 1 aromatic rings. The van der Waals surface area contributed by atoms with Gasteiger partial charge in [0.25, 0.3) is 5.53 Å². The van der Waals surface area contributed by atoms with Gasteiger partial charge in [-0.2, -0.15) is 0 Å². The number of nitrogens with zero attached hydrogens (tertiary/aromatic N) is 2. The average Bonchev–Trinajstić information content (AvgIpc) is 2.79. The molecule has 1 saturated heterocycles. The van der Waals surface area contributed by atoms with Gasteiger partial charge in [0, 0.05) is 45.0 Å². The van der Waals surface area contributed by atoms with E-state index in [1.54, 1.807) is 28.9 Å². The van der Waals surface area contributed by atoms with E-state index < -0.39 is 11.6 Å². The van der Waals surface area contributed by atoms with Crippen molar-refractivity contribution in [1.29, 1.82) is 0 Å². The van der Waals surface area contributed by atoms with Gasteiger partial charge in [-0.25, -0.2) is 4.79 Å². The second-order valence-electron chi connectivity index (χ2n) is 7.06. The summed E-state index contributed by atoms with van der Waals surface area (Å²) in [6, 6.07) is 6.53. The van der Waals surface area contributed by atoms with Crippen LogP contribution in [0.25, 0.3) is 0 Å².